The molecule has 14 heavy (non-hydrogen) atoms. The normalized spacial score (nSPS) is 11.4. The fourth-order valence-corrected chi connectivity index (χ4v) is 2.03. The Hall–Kier alpha value is -0.360. The van der Waals surface area contributed by atoms with Crippen LogP contribution in [-0.2, 0) is 0 Å². The van der Waals surface area contributed by atoms with Crippen LogP contribution in [0, 0.1) is 0 Å². The van der Waals surface area contributed by atoms with Crippen molar-refractivity contribution in [2.75, 3.05) is 10.7 Å². The largest absolute Gasteiger partial charge is 0.345 e. The van der Waals surface area contributed by atoms with Crippen molar-refractivity contribution in [1.29, 1.82) is 0 Å². The number of alkyl halides is 2. The van der Waals surface area contributed by atoms with Gasteiger partial charge in [-0.15, -0.1) is 0 Å². The maximum absolute atomic E-state index is 11.6. The molecule has 0 aliphatic carbocycles. The van der Waals surface area contributed by atoms with Crippen LogP contribution < -0.4 is 5.32 Å². The lowest BCUT2D eigenvalue weighted by Gasteiger charge is -2.25. The Kier molecular flexibility index (Phi) is 4.12. The number of carbonyl (C=O) groups is 1. The molecule has 0 aromatic carbocycles. The summed E-state index contributed by atoms with van der Waals surface area (Å²) in [6.45, 7) is 1.95. The van der Waals surface area contributed by atoms with Crippen LogP contribution >= 0.6 is 31.9 Å². The van der Waals surface area contributed by atoms with Crippen LogP contribution in [-0.4, -0.2) is 32.3 Å². The molecule has 0 fully saturated rings. The van der Waals surface area contributed by atoms with Crippen molar-refractivity contribution < 1.29 is 4.79 Å². The second kappa shape index (κ2) is 4.93. The third kappa shape index (κ3) is 2.81. The van der Waals surface area contributed by atoms with Crippen molar-refractivity contribution in [2.45, 2.75) is 12.5 Å². The van der Waals surface area contributed by atoms with Gasteiger partial charge in [-0.25, -0.2) is 0 Å². The number of nitrogens with zero attached hydrogens (tertiary/aromatic N) is 1. The maximum Gasteiger partial charge on any atom is 0.254 e. The van der Waals surface area contributed by atoms with Crippen LogP contribution in [0.15, 0.2) is 12.4 Å². The summed E-state index contributed by atoms with van der Waals surface area (Å²) in [6.07, 6.45) is 3.07. The van der Waals surface area contributed by atoms with Gasteiger partial charge in [-0.05, 0) is 6.92 Å². The first-order valence-electron chi connectivity index (χ1n) is 4.04. The highest BCUT2D eigenvalue weighted by atomic mass is 79.9. The lowest BCUT2D eigenvalue weighted by atomic mass is 10.1. The molecular formula is C8H11Br2N3O. The first kappa shape index (κ1) is 11.7. The number of aromatic nitrogens is 2. The minimum atomic E-state index is -0.283. The molecule has 0 saturated carbocycles. The van der Waals surface area contributed by atoms with Gasteiger partial charge in [0.05, 0.1) is 17.3 Å². The summed E-state index contributed by atoms with van der Waals surface area (Å²) in [7, 11) is 0. The van der Waals surface area contributed by atoms with Crippen molar-refractivity contribution >= 4 is 37.8 Å². The topological polar surface area (TPSA) is 57.8 Å². The van der Waals surface area contributed by atoms with E-state index in [-0.39, 0.29) is 11.4 Å². The van der Waals surface area contributed by atoms with E-state index in [0.29, 0.717) is 16.2 Å². The molecule has 6 heteroatoms. The molecule has 0 unspecified atom stereocenters. The van der Waals surface area contributed by atoms with Crippen molar-refractivity contribution in [2.24, 2.45) is 0 Å². The van der Waals surface area contributed by atoms with Gasteiger partial charge in [-0.1, -0.05) is 31.9 Å². The third-order valence-electron chi connectivity index (χ3n) is 1.77. The number of carbonyl (C=O) groups excluding carboxylic acids is 1. The summed E-state index contributed by atoms with van der Waals surface area (Å²) in [5, 5.41) is 10.6. The molecule has 0 saturated heterocycles. The number of H-pyrrole nitrogens is 1. The number of nitrogens with one attached hydrogen (secondary N) is 2. The van der Waals surface area contributed by atoms with Gasteiger partial charge in [0.1, 0.15) is 0 Å². The van der Waals surface area contributed by atoms with E-state index in [1.807, 2.05) is 6.92 Å². The minimum absolute atomic E-state index is 0.125. The highest BCUT2D eigenvalue weighted by Gasteiger charge is 2.24. The molecule has 2 N–H and O–H groups in total. The number of hydrogen-bond donors (Lipinski definition) is 2. The van der Waals surface area contributed by atoms with Gasteiger partial charge in [0.2, 0.25) is 0 Å². The fourth-order valence-electron chi connectivity index (χ4n) is 0.824. The van der Waals surface area contributed by atoms with Gasteiger partial charge in [-0.3, -0.25) is 9.89 Å². The van der Waals surface area contributed by atoms with E-state index < -0.39 is 0 Å². The van der Waals surface area contributed by atoms with Crippen molar-refractivity contribution in [3.8, 4) is 0 Å². The molecule has 1 heterocycles. The predicted octanol–water partition coefficient (Wildman–Crippen LogP) is 1.69. The molecule has 0 spiro atoms. The predicted molar refractivity (Wildman–Crippen MR) is 62.0 cm³/mol. The molecule has 0 aliphatic heterocycles. The van der Waals surface area contributed by atoms with E-state index in [2.05, 4.69) is 47.4 Å². The summed E-state index contributed by atoms with van der Waals surface area (Å²) < 4.78 is 0. The Morgan fingerprint density at radius 2 is 2.29 bits per heavy atom. The van der Waals surface area contributed by atoms with Gasteiger partial charge in [0.15, 0.2) is 0 Å². The summed E-state index contributed by atoms with van der Waals surface area (Å²) >= 11 is 6.71. The molecule has 1 amide bonds. The Bertz CT molecular complexity index is 296. The van der Waals surface area contributed by atoms with E-state index in [4.69, 9.17) is 0 Å². The van der Waals surface area contributed by atoms with Crippen LogP contribution in [0.1, 0.15) is 17.3 Å². The van der Waals surface area contributed by atoms with Crippen LogP contribution in [0.25, 0.3) is 0 Å². The average Bonchev–Trinajstić information content (AvgIpc) is 2.70. The SMILES string of the molecule is CC(CBr)(CBr)NC(=O)c1cn[nH]c1. The number of aromatic amines is 1. The smallest absolute Gasteiger partial charge is 0.254 e. The van der Waals surface area contributed by atoms with Crippen molar-refractivity contribution in [1.82, 2.24) is 15.5 Å². The van der Waals surface area contributed by atoms with Crippen LogP contribution in [0.3, 0.4) is 0 Å². The molecule has 0 radical (unpaired) electrons. The molecule has 0 aliphatic rings. The number of hydrogen-bond acceptors (Lipinski definition) is 2. The molecular weight excluding hydrogens is 314 g/mol. The highest BCUT2D eigenvalue weighted by Crippen LogP contribution is 2.12. The monoisotopic (exact) mass is 323 g/mol. The van der Waals surface area contributed by atoms with Gasteiger partial charge < -0.3 is 5.32 Å². The number of rotatable bonds is 4. The van der Waals surface area contributed by atoms with Crippen LogP contribution in [0.2, 0.25) is 0 Å². The van der Waals surface area contributed by atoms with Gasteiger partial charge in [-0.2, -0.15) is 5.10 Å². The van der Waals surface area contributed by atoms with Gasteiger partial charge in [0.25, 0.3) is 5.91 Å². The average molecular weight is 325 g/mol. The fraction of sp³-hybridized carbons (Fsp3) is 0.500. The molecule has 1 rings (SSSR count). The van der Waals surface area contributed by atoms with E-state index >= 15 is 0 Å². The van der Waals surface area contributed by atoms with E-state index in [1.54, 1.807) is 6.20 Å². The summed E-state index contributed by atoms with van der Waals surface area (Å²) in [5.74, 6) is -0.125. The molecule has 4 nitrogen and oxygen atoms in total. The number of amides is 1. The lowest BCUT2D eigenvalue weighted by Crippen LogP contribution is -2.48. The quantitative estimate of drug-likeness (QED) is 0.828. The molecule has 0 bridgehead atoms. The summed E-state index contributed by atoms with van der Waals surface area (Å²) in [5.41, 5.74) is 0.257. The summed E-state index contributed by atoms with van der Waals surface area (Å²) in [4.78, 5) is 11.6. The van der Waals surface area contributed by atoms with Crippen molar-refractivity contribution in [3.63, 3.8) is 0 Å². The van der Waals surface area contributed by atoms with E-state index in [9.17, 15) is 4.79 Å². The molecule has 0 atom stereocenters. The zero-order valence-corrected chi connectivity index (χ0v) is 10.9. The summed E-state index contributed by atoms with van der Waals surface area (Å²) in [6, 6.07) is 0. The van der Waals surface area contributed by atoms with E-state index in [1.165, 1.54) is 6.20 Å². The van der Waals surface area contributed by atoms with Gasteiger partial charge >= 0.3 is 0 Å². The van der Waals surface area contributed by atoms with Crippen LogP contribution in [0.4, 0.5) is 0 Å². The third-order valence-corrected chi connectivity index (χ3v) is 4.24. The number of halogens is 2. The Morgan fingerprint density at radius 3 is 2.71 bits per heavy atom. The molecule has 1 aromatic heterocycles. The molecule has 78 valence electrons. The second-order valence-corrected chi connectivity index (χ2v) is 4.39. The highest BCUT2D eigenvalue weighted by molar-refractivity contribution is 9.09. The Morgan fingerprint density at radius 1 is 1.64 bits per heavy atom. The first-order chi connectivity index (χ1) is 6.61. The lowest BCUT2D eigenvalue weighted by molar-refractivity contribution is 0.0923. The first-order valence-corrected chi connectivity index (χ1v) is 6.29. The van der Waals surface area contributed by atoms with Crippen LogP contribution in [0.5, 0.6) is 0 Å². The standard InChI is InChI=1S/C8H11Br2N3O/c1-8(4-9,5-10)13-7(14)6-2-11-12-3-6/h2-3H,4-5H2,1H3,(H,11,12)(H,13,14). The Labute approximate surface area is 99.1 Å². The van der Waals surface area contributed by atoms with Crippen molar-refractivity contribution in [3.05, 3.63) is 18.0 Å². The zero-order valence-electron chi connectivity index (χ0n) is 7.68. The zero-order chi connectivity index (χ0) is 10.6. The Balaban J connectivity index is 2.65. The second-order valence-electron chi connectivity index (χ2n) is 3.27. The molecule has 1 aromatic rings. The van der Waals surface area contributed by atoms with Gasteiger partial charge in [0, 0.05) is 16.9 Å². The maximum atomic E-state index is 11.6. The van der Waals surface area contributed by atoms with E-state index in [0.717, 1.165) is 0 Å². The minimum Gasteiger partial charge on any atom is -0.345 e.